The van der Waals surface area contributed by atoms with Gasteiger partial charge < -0.3 is 5.32 Å². The Bertz CT molecular complexity index is 707. The second kappa shape index (κ2) is 6.01. The molecule has 0 radical (unpaired) electrons. The van der Waals surface area contributed by atoms with E-state index in [0.717, 1.165) is 27.8 Å². The van der Waals surface area contributed by atoms with Gasteiger partial charge in [0.25, 0.3) is 0 Å². The highest BCUT2D eigenvalue weighted by Gasteiger charge is 2.09. The maximum Gasteiger partial charge on any atom is 0.159 e. The summed E-state index contributed by atoms with van der Waals surface area (Å²) in [7, 11) is 0. The minimum atomic E-state index is 0.140. The van der Waals surface area contributed by atoms with Gasteiger partial charge in [0, 0.05) is 10.9 Å². The highest BCUT2D eigenvalue weighted by molar-refractivity contribution is 7.09. The summed E-state index contributed by atoms with van der Waals surface area (Å²) < 4.78 is 0. The molecule has 3 rings (SSSR count). The van der Waals surface area contributed by atoms with Crippen LogP contribution in [0.2, 0.25) is 0 Å². The highest BCUT2D eigenvalue weighted by Crippen LogP contribution is 2.21. The van der Waals surface area contributed by atoms with Crippen LogP contribution in [0.4, 0.5) is 5.69 Å². The van der Waals surface area contributed by atoms with Crippen LogP contribution < -0.4 is 5.32 Å². The Morgan fingerprint density at radius 2 is 1.81 bits per heavy atom. The summed E-state index contributed by atoms with van der Waals surface area (Å²) in [6, 6.07) is 10.1. The van der Waals surface area contributed by atoms with Gasteiger partial charge in [0.05, 0.1) is 34.8 Å². The molecule has 0 saturated heterocycles. The first-order valence-corrected chi connectivity index (χ1v) is 7.66. The third-order valence-corrected chi connectivity index (χ3v) is 3.94. The lowest BCUT2D eigenvalue weighted by molar-refractivity contribution is 0.842. The monoisotopic (exact) mass is 296 g/mol. The lowest BCUT2D eigenvalue weighted by atomic mass is 10.2. The molecule has 1 aromatic carbocycles. The molecule has 0 spiro atoms. The van der Waals surface area contributed by atoms with Crippen molar-refractivity contribution in [2.45, 2.75) is 19.9 Å². The lowest BCUT2D eigenvalue weighted by Gasteiger charge is -2.12. The number of aryl methyl sites for hydroxylation is 1. The van der Waals surface area contributed by atoms with E-state index >= 15 is 0 Å². The van der Waals surface area contributed by atoms with Crippen molar-refractivity contribution in [3.05, 3.63) is 58.8 Å². The van der Waals surface area contributed by atoms with E-state index in [1.165, 1.54) is 0 Å². The molecule has 0 bridgehead atoms. The number of hydrogen-bond acceptors (Lipinski definition) is 5. The summed E-state index contributed by atoms with van der Waals surface area (Å²) in [5, 5.41) is 6.52. The number of anilines is 1. The zero-order chi connectivity index (χ0) is 14.7. The fourth-order valence-corrected chi connectivity index (χ4v) is 2.75. The van der Waals surface area contributed by atoms with Crippen LogP contribution in [0.3, 0.4) is 0 Å². The van der Waals surface area contributed by atoms with Crippen molar-refractivity contribution in [3.8, 4) is 11.4 Å². The van der Waals surface area contributed by atoms with Gasteiger partial charge in [-0.15, -0.1) is 11.3 Å². The molecule has 1 N–H and O–H groups in total. The van der Waals surface area contributed by atoms with Gasteiger partial charge in [0.1, 0.15) is 0 Å². The first kappa shape index (κ1) is 13.7. The van der Waals surface area contributed by atoms with E-state index < -0.39 is 0 Å². The highest BCUT2D eigenvalue weighted by atomic mass is 32.1. The van der Waals surface area contributed by atoms with Gasteiger partial charge in [-0.2, -0.15) is 0 Å². The smallest absolute Gasteiger partial charge is 0.159 e. The molecule has 3 aromatic rings. The van der Waals surface area contributed by atoms with E-state index in [1.54, 1.807) is 11.3 Å². The van der Waals surface area contributed by atoms with Crippen LogP contribution in [0.15, 0.2) is 48.1 Å². The van der Waals surface area contributed by atoms with Crippen molar-refractivity contribution >= 4 is 17.0 Å². The molecule has 2 aromatic heterocycles. The number of nitrogens with zero attached hydrogens (tertiary/aromatic N) is 3. The van der Waals surface area contributed by atoms with Crippen molar-refractivity contribution < 1.29 is 0 Å². The zero-order valence-corrected chi connectivity index (χ0v) is 12.8. The first-order chi connectivity index (χ1) is 10.2. The van der Waals surface area contributed by atoms with E-state index in [0.29, 0.717) is 0 Å². The number of rotatable bonds is 4. The Balaban J connectivity index is 1.73. The number of thiazole rings is 1. The van der Waals surface area contributed by atoms with Crippen LogP contribution in [0.1, 0.15) is 23.7 Å². The van der Waals surface area contributed by atoms with Gasteiger partial charge in [-0.1, -0.05) is 30.3 Å². The maximum absolute atomic E-state index is 4.49. The second-order valence-electron chi connectivity index (χ2n) is 4.82. The van der Waals surface area contributed by atoms with Gasteiger partial charge in [-0.05, 0) is 13.8 Å². The molecule has 1 unspecified atom stereocenters. The molecule has 2 heterocycles. The average molecular weight is 296 g/mol. The van der Waals surface area contributed by atoms with E-state index in [4.69, 9.17) is 0 Å². The molecule has 0 aliphatic rings. The van der Waals surface area contributed by atoms with E-state index in [-0.39, 0.29) is 6.04 Å². The molecular formula is C16H16N4S. The minimum Gasteiger partial charge on any atom is -0.374 e. The second-order valence-corrected chi connectivity index (χ2v) is 5.88. The number of hydrogen-bond donors (Lipinski definition) is 1. The predicted molar refractivity (Wildman–Crippen MR) is 86.4 cm³/mol. The summed E-state index contributed by atoms with van der Waals surface area (Å²) in [4.78, 5) is 13.3. The van der Waals surface area contributed by atoms with Crippen LogP contribution in [-0.2, 0) is 0 Å². The van der Waals surface area contributed by atoms with Crippen molar-refractivity contribution in [1.82, 2.24) is 15.0 Å². The SMILES string of the molecule is Cc1nc(C(C)Nc2cnc(-c3ccccc3)nc2)cs1. The average Bonchev–Trinajstić information content (AvgIpc) is 2.96. The lowest BCUT2D eigenvalue weighted by Crippen LogP contribution is -2.07. The summed E-state index contributed by atoms with van der Waals surface area (Å²) >= 11 is 1.66. The van der Waals surface area contributed by atoms with Crippen molar-refractivity contribution in [1.29, 1.82) is 0 Å². The van der Waals surface area contributed by atoms with Crippen LogP contribution in [-0.4, -0.2) is 15.0 Å². The Kier molecular flexibility index (Phi) is 3.92. The van der Waals surface area contributed by atoms with Gasteiger partial charge in [0.15, 0.2) is 5.82 Å². The predicted octanol–water partition coefficient (Wildman–Crippen LogP) is 4.08. The number of aromatic nitrogens is 3. The summed E-state index contributed by atoms with van der Waals surface area (Å²) in [5.74, 6) is 0.735. The molecule has 0 aliphatic heterocycles. The van der Waals surface area contributed by atoms with Crippen molar-refractivity contribution in [3.63, 3.8) is 0 Å². The molecule has 106 valence electrons. The molecule has 0 saturated carbocycles. The minimum absolute atomic E-state index is 0.140. The van der Waals surface area contributed by atoms with Crippen LogP contribution >= 0.6 is 11.3 Å². The summed E-state index contributed by atoms with van der Waals surface area (Å²) in [6.45, 7) is 4.10. The number of nitrogens with one attached hydrogen (secondary N) is 1. The first-order valence-electron chi connectivity index (χ1n) is 6.78. The topological polar surface area (TPSA) is 50.7 Å². The molecule has 1 atom stereocenters. The molecule has 21 heavy (non-hydrogen) atoms. The number of benzene rings is 1. The Morgan fingerprint density at radius 3 is 2.43 bits per heavy atom. The summed E-state index contributed by atoms with van der Waals surface area (Å²) in [5.41, 5.74) is 2.96. The summed E-state index contributed by atoms with van der Waals surface area (Å²) in [6.07, 6.45) is 3.62. The van der Waals surface area contributed by atoms with Crippen LogP contribution in [0, 0.1) is 6.92 Å². The van der Waals surface area contributed by atoms with E-state index in [2.05, 4.69) is 32.6 Å². The Hall–Kier alpha value is -2.27. The molecular weight excluding hydrogens is 280 g/mol. The fourth-order valence-electron chi connectivity index (χ4n) is 2.04. The van der Waals surface area contributed by atoms with Gasteiger partial charge in [-0.3, -0.25) is 0 Å². The normalized spacial score (nSPS) is 12.1. The molecule has 0 fully saturated rings. The molecule has 4 nitrogen and oxygen atoms in total. The van der Waals surface area contributed by atoms with Gasteiger partial charge >= 0.3 is 0 Å². The van der Waals surface area contributed by atoms with Gasteiger partial charge in [0.2, 0.25) is 0 Å². The largest absolute Gasteiger partial charge is 0.374 e. The van der Waals surface area contributed by atoms with Crippen LogP contribution in [0.5, 0.6) is 0 Å². The standard InChI is InChI=1S/C16H16N4S/c1-11(15-10-21-12(2)20-15)19-14-8-17-16(18-9-14)13-6-4-3-5-7-13/h3-11,19H,1-2H3. The fraction of sp³-hybridized carbons (Fsp3) is 0.188. The Labute approximate surface area is 127 Å². The van der Waals surface area contributed by atoms with E-state index in [1.807, 2.05) is 49.6 Å². The quantitative estimate of drug-likeness (QED) is 0.788. The Morgan fingerprint density at radius 1 is 1.10 bits per heavy atom. The molecule has 0 amide bonds. The molecule has 5 heteroatoms. The molecule has 0 aliphatic carbocycles. The van der Waals surface area contributed by atoms with E-state index in [9.17, 15) is 0 Å². The van der Waals surface area contributed by atoms with Gasteiger partial charge in [-0.25, -0.2) is 15.0 Å². The van der Waals surface area contributed by atoms with Crippen molar-refractivity contribution in [2.75, 3.05) is 5.32 Å². The van der Waals surface area contributed by atoms with Crippen molar-refractivity contribution in [2.24, 2.45) is 0 Å². The zero-order valence-electron chi connectivity index (χ0n) is 11.9. The van der Waals surface area contributed by atoms with Crippen LogP contribution in [0.25, 0.3) is 11.4 Å². The maximum atomic E-state index is 4.49. The third kappa shape index (κ3) is 3.25. The third-order valence-electron chi connectivity index (χ3n) is 3.15.